The molecular formula is C19H19OP. The predicted molar refractivity (Wildman–Crippen MR) is 93.7 cm³/mol. The Kier molecular flexibility index (Phi) is 4.22. The van der Waals surface area contributed by atoms with Crippen molar-refractivity contribution < 1.29 is 4.52 Å². The molecule has 1 unspecified atom stereocenters. The van der Waals surface area contributed by atoms with Crippen LogP contribution in [0.2, 0.25) is 0 Å². The van der Waals surface area contributed by atoms with Crippen LogP contribution in [0.25, 0.3) is 21.9 Å². The number of hydrogen-bond donors (Lipinski definition) is 0. The molecule has 0 aromatic heterocycles. The van der Waals surface area contributed by atoms with Crippen molar-refractivity contribution in [1.29, 1.82) is 0 Å². The quantitative estimate of drug-likeness (QED) is 0.567. The molecule has 0 radical (unpaired) electrons. The molecule has 0 bridgehead atoms. The number of fused-ring (bicyclic) bond motifs is 1. The Hall–Kier alpha value is -1.85. The summed E-state index contributed by atoms with van der Waals surface area (Å²) in [7, 11) is 2.27. The van der Waals surface area contributed by atoms with Crippen LogP contribution < -0.4 is 4.52 Å². The molecule has 0 spiro atoms. The summed E-state index contributed by atoms with van der Waals surface area (Å²) in [6, 6.07) is 21.6. The summed E-state index contributed by atoms with van der Waals surface area (Å²) in [5.41, 5.74) is 3.86. The summed E-state index contributed by atoms with van der Waals surface area (Å²) in [6.45, 7) is 2.22. The first-order valence-electron chi connectivity index (χ1n) is 7.30. The van der Waals surface area contributed by atoms with Crippen molar-refractivity contribution in [1.82, 2.24) is 0 Å². The molecule has 3 aromatic carbocycles. The van der Waals surface area contributed by atoms with Crippen molar-refractivity contribution in [3.63, 3.8) is 0 Å². The molecular weight excluding hydrogens is 275 g/mol. The molecule has 0 aliphatic rings. The fraction of sp³-hybridized carbons (Fsp3) is 0.158. The molecule has 0 amide bonds. The molecule has 3 rings (SSSR count). The average molecular weight is 294 g/mol. The summed E-state index contributed by atoms with van der Waals surface area (Å²) >= 11 is 0. The van der Waals surface area contributed by atoms with Gasteiger partial charge in [0.1, 0.15) is 5.75 Å². The maximum absolute atomic E-state index is 5.13. The maximum Gasteiger partial charge on any atom is 0.122 e. The van der Waals surface area contributed by atoms with Crippen LogP contribution in [0.4, 0.5) is 0 Å². The zero-order chi connectivity index (χ0) is 14.7. The van der Waals surface area contributed by atoms with Crippen molar-refractivity contribution in [3.05, 3.63) is 66.2 Å². The van der Waals surface area contributed by atoms with E-state index in [0.29, 0.717) is 0 Å². The zero-order valence-corrected chi connectivity index (χ0v) is 13.3. The SMILES string of the molecule is CCCc1ccc2cc(-c3ccc(OP)cc3)ccc2c1. The van der Waals surface area contributed by atoms with Crippen molar-refractivity contribution in [3.8, 4) is 16.9 Å². The van der Waals surface area contributed by atoms with Crippen LogP contribution in [0.15, 0.2) is 60.7 Å². The lowest BCUT2D eigenvalue weighted by Gasteiger charge is -2.07. The standard InChI is InChI=1S/C19H19OP/c1-2-3-14-4-5-18-13-17(7-6-16(18)12-14)15-8-10-19(20-21)11-9-15/h4-13H,2-3,21H2,1H3. The highest BCUT2D eigenvalue weighted by Crippen LogP contribution is 2.27. The van der Waals surface area contributed by atoms with Crippen LogP contribution in [0.3, 0.4) is 0 Å². The topological polar surface area (TPSA) is 9.23 Å². The van der Waals surface area contributed by atoms with Crippen LogP contribution >= 0.6 is 9.47 Å². The lowest BCUT2D eigenvalue weighted by atomic mass is 9.99. The van der Waals surface area contributed by atoms with E-state index in [4.69, 9.17) is 4.52 Å². The Morgan fingerprint density at radius 1 is 0.810 bits per heavy atom. The van der Waals surface area contributed by atoms with E-state index in [0.717, 1.165) is 12.2 Å². The van der Waals surface area contributed by atoms with Gasteiger partial charge in [-0.15, -0.1) is 0 Å². The Balaban J connectivity index is 1.98. The van der Waals surface area contributed by atoms with E-state index in [1.807, 2.05) is 12.1 Å². The van der Waals surface area contributed by atoms with Crippen LogP contribution in [0.5, 0.6) is 5.75 Å². The molecule has 0 aliphatic carbocycles. The third-order valence-corrected chi connectivity index (χ3v) is 4.04. The van der Waals surface area contributed by atoms with E-state index in [1.165, 1.54) is 33.9 Å². The molecule has 0 fully saturated rings. The van der Waals surface area contributed by atoms with E-state index in [9.17, 15) is 0 Å². The van der Waals surface area contributed by atoms with Gasteiger partial charge in [0.25, 0.3) is 0 Å². The van der Waals surface area contributed by atoms with Gasteiger partial charge >= 0.3 is 0 Å². The second-order valence-electron chi connectivity index (χ2n) is 5.29. The first kappa shape index (κ1) is 14.1. The molecule has 21 heavy (non-hydrogen) atoms. The minimum Gasteiger partial charge on any atom is -0.480 e. The second-order valence-corrected chi connectivity index (χ2v) is 5.52. The van der Waals surface area contributed by atoms with Crippen LogP contribution in [0, 0.1) is 0 Å². The minimum absolute atomic E-state index is 0.855. The molecule has 0 N–H and O–H groups in total. The summed E-state index contributed by atoms with van der Waals surface area (Å²) in [6.07, 6.45) is 2.34. The van der Waals surface area contributed by atoms with Gasteiger partial charge in [-0.05, 0) is 52.1 Å². The first-order valence-corrected chi connectivity index (χ1v) is 7.77. The highest BCUT2D eigenvalue weighted by molar-refractivity contribution is 7.10. The lowest BCUT2D eigenvalue weighted by Crippen LogP contribution is -1.84. The van der Waals surface area contributed by atoms with Crippen LogP contribution in [-0.4, -0.2) is 0 Å². The number of benzene rings is 3. The van der Waals surface area contributed by atoms with Gasteiger partial charge in [0.15, 0.2) is 0 Å². The monoisotopic (exact) mass is 294 g/mol. The molecule has 0 saturated heterocycles. The maximum atomic E-state index is 5.13. The van der Waals surface area contributed by atoms with Gasteiger partial charge in [-0.1, -0.05) is 55.8 Å². The van der Waals surface area contributed by atoms with Crippen molar-refractivity contribution in [2.75, 3.05) is 0 Å². The normalized spacial score (nSPS) is 10.8. The zero-order valence-electron chi connectivity index (χ0n) is 12.2. The fourth-order valence-electron chi connectivity index (χ4n) is 2.64. The lowest BCUT2D eigenvalue weighted by molar-refractivity contribution is 0.646. The van der Waals surface area contributed by atoms with Crippen molar-refractivity contribution >= 4 is 20.2 Å². The van der Waals surface area contributed by atoms with E-state index < -0.39 is 0 Å². The first-order chi connectivity index (χ1) is 10.3. The molecule has 1 atom stereocenters. The van der Waals surface area contributed by atoms with Gasteiger partial charge in [0, 0.05) is 0 Å². The molecule has 0 saturated carbocycles. The summed E-state index contributed by atoms with van der Waals surface area (Å²) in [5.74, 6) is 0.855. The average Bonchev–Trinajstić information content (AvgIpc) is 2.55. The molecule has 0 heterocycles. The number of rotatable bonds is 4. The Morgan fingerprint density at radius 3 is 2.19 bits per heavy atom. The van der Waals surface area contributed by atoms with Gasteiger partial charge in [-0.3, -0.25) is 0 Å². The van der Waals surface area contributed by atoms with E-state index in [1.54, 1.807) is 0 Å². The summed E-state index contributed by atoms with van der Waals surface area (Å²) < 4.78 is 5.13. The predicted octanol–water partition coefficient (Wildman–Crippen LogP) is 5.63. The van der Waals surface area contributed by atoms with E-state index in [-0.39, 0.29) is 0 Å². The highest BCUT2D eigenvalue weighted by atomic mass is 31.0. The van der Waals surface area contributed by atoms with Crippen LogP contribution in [-0.2, 0) is 6.42 Å². The summed E-state index contributed by atoms with van der Waals surface area (Å²) in [5, 5.41) is 2.60. The minimum atomic E-state index is 0.855. The largest absolute Gasteiger partial charge is 0.480 e. The van der Waals surface area contributed by atoms with E-state index in [2.05, 4.69) is 64.9 Å². The molecule has 1 nitrogen and oxygen atoms in total. The van der Waals surface area contributed by atoms with Crippen molar-refractivity contribution in [2.45, 2.75) is 19.8 Å². The van der Waals surface area contributed by atoms with Gasteiger partial charge in [0.2, 0.25) is 0 Å². The second kappa shape index (κ2) is 6.28. The Morgan fingerprint density at radius 2 is 1.48 bits per heavy atom. The van der Waals surface area contributed by atoms with Gasteiger partial charge < -0.3 is 4.52 Å². The molecule has 2 heteroatoms. The van der Waals surface area contributed by atoms with Gasteiger partial charge in [-0.2, -0.15) is 0 Å². The third kappa shape index (κ3) is 3.09. The fourth-order valence-corrected chi connectivity index (χ4v) is 2.80. The summed E-state index contributed by atoms with van der Waals surface area (Å²) in [4.78, 5) is 0. The van der Waals surface area contributed by atoms with Gasteiger partial charge in [0.05, 0.1) is 9.47 Å². The van der Waals surface area contributed by atoms with Gasteiger partial charge in [-0.25, -0.2) is 0 Å². The van der Waals surface area contributed by atoms with E-state index >= 15 is 0 Å². The number of hydrogen-bond acceptors (Lipinski definition) is 1. The Labute approximate surface area is 128 Å². The molecule has 106 valence electrons. The third-order valence-electron chi connectivity index (χ3n) is 3.77. The smallest absolute Gasteiger partial charge is 0.122 e. The Bertz CT molecular complexity index is 747. The molecule has 3 aromatic rings. The van der Waals surface area contributed by atoms with Crippen molar-refractivity contribution in [2.24, 2.45) is 0 Å². The van der Waals surface area contributed by atoms with Crippen LogP contribution in [0.1, 0.15) is 18.9 Å². The molecule has 0 aliphatic heterocycles. The number of aryl methyl sites for hydroxylation is 1. The highest BCUT2D eigenvalue weighted by Gasteiger charge is 2.01.